The summed E-state index contributed by atoms with van der Waals surface area (Å²) in [6.45, 7) is 0.561. The van der Waals surface area contributed by atoms with E-state index in [1.165, 1.54) is 5.56 Å². The average molecular weight is 555 g/mol. The van der Waals surface area contributed by atoms with Gasteiger partial charge in [0.2, 0.25) is 0 Å². The van der Waals surface area contributed by atoms with Crippen molar-refractivity contribution in [1.82, 2.24) is 9.78 Å². The first-order chi connectivity index (χ1) is 14.0. The molecule has 1 aromatic heterocycles. The van der Waals surface area contributed by atoms with Crippen molar-refractivity contribution in [2.75, 3.05) is 12.3 Å². The lowest BCUT2D eigenvalue weighted by atomic mass is 9.68. The van der Waals surface area contributed by atoms with Crippen LogP contribution in [0, 0.1) is 0 Å². The number of nitrogens with two attached hydrogens (primary N) is 2. The molecular formula is C23H29Cl5N4O. The van der Waals surface area contributed by atoms with Crippen molar-refractivity contribution in [2.45, 2.75) is 37.1 Å². The number of anilines is 1. The summed E-state index contributed by atoms with van der Waals surface area (Å²) in [5.74, 6) is 0. The van der Waals surface area contributed by atoms with Crippen LogP contribution in [0.4, 0.5) is 5.69 Å². The fourth-order valence-electron chi connectivity index (χ4n) is 4.37. The number of benzene rings is 2. The third-order valence-corrected chi connectivity index (χ3v) is 6.33. The van der Waals surface area contributed by atoms with Crippen LogP contribution in [0.15, 0.2) is 65.5 Å². The van der Waals surface area contributed by atoms with Gasteiger partial charge in [-0.1, -0.05) is 35.9 Å². The van der Waals surface area contributed by atoms with Crippen molar-refractivity contribution in [3.05, 3.63) is 81.6 Å². The van der Waals surface area contributed by atoms with Crippen molar-refractivity contribution in [3.8, 4) is 11.3 Å². The molecule has 0 unspecified atom stereocenters. The molecule has 182 valence electrons. The normalized spacial score (nSPS) is 19.2. The van der Waals surface area contributed by atoms with Crippen molar-refractivity contribution < 1.29 is 0 Å². The quantitative estimate of drug-likeness (QED) is 0.397. The van der Waals surface area contributed by atoms with Gasteiger partial charge in [-0.2, -0.15) is 5.10 Å². The minimum atomic E-state index is -0.101. The number of halogens is 5. The molecule has 4 N–H and O–H groups in total. The molecule has 1 aliphatic rings. The maximum Gasteiger partial charge on any atom is 0.267 e. The van der Waals surface area contributed by atoms with Crippen LogP contribution in [-0.4, -0.2) is 16.3 Å². The zero-order valence-corrected chi connectivity index (χ0v) is 21.9. The van der Waals surface area contributed by atoms with Gasteiger partial charge in [-0.3, -0.25) is 4.79 Å². The lowest BCUT2D eigenvalue weighted by molar-refractivity contribution is 0.222. The van der Waals surface area contributed by atoms with E-state index in [0.29, 0.717) is 12.2 Å². The molecule has 0 saturated heterocycles. The Hall–Kier alpha value is -1.47. The first-order valence-electron chi connectivity index (χ1n) is 9.93. The third-order valence-electron chi connectivity index (χ3n) is 6.09. The zero-order chi connectivity index (χ0) is 20.4. The molecule has 10 heteroatoms. The molecule has 0 bridgehead atoms. The van der Waals surface area contributed by atoms with E-state index in [9.17, 15) is 4.79 Å². The van der Waals surface area contributed by atoms with Crippen LogP contribution in [-0.2, 0) is 5.41 Å². The molecule has 1 saturated carbocycles. The highest BCUT2D eigenvalue weighted by Crippen LogP contribution is 2.42. The zero-order valence-electron chi connectivity index (χ0n) is 17.9. The van der Waals surface area contributed by atoms with Crippen molar-refractivity contribution in [2.24, 2.45) is 5.73 Å². The number of hydrogen-bond donors (Lipinski definition) is 2. The van der Waals surface area contributed by atoms with Crippen LogP contribution >= 0.6 is 61.2 Å². The molecule has 1 aliphatic carbocycles. The smallest absolute Gasteiger partial charge is 0.267 e. The molecule has 33 heavy (non-hydrogen) atoms. The molecule has 0 atom stereocenters. The van der Waals surface area contributed by atoms with Gasteiger partial charge in [-0.25, -0.2) is 4.68 Å². The van der Waals surface area contributed by atoms with Gasteiger partial charge >= 0.3 is 0 Å². The lowest BCUT2D eigenvalue weighted by Crippen LogP contribution is -2.41. The predicted molar refractivity (Wildman–Crippen MR) is 147 cm³/mol. The minimum Gasteiger partial charge on any atom is -0.399 e. The van der Waals surface area contributed by atoms with E-state index in [2.05, 4.69) is 11.2 Å². The van der Waals surface area contributed by atoms with Gasteiger partial charge < -0.3 is 11.5 Å². The molecule has 5 nitrogen and oxygen atoms in total. The van der Waals surface area contributed by atoms with Gasteiger partial charge in [-0.05, 0) is 61.6 Å². The second-order valence-electron chi connectivity index (χ2n) is 7.85. The minimum absolute atomic E-state index is 0. The second-order valence-corrected chi connectivity index (χ2v) is 8.29. The Kier molecular flexibility index (Phi) is 12.8. The van der Waals surface area contributed by atoms with Crippen LogP contribution in [0.5, 0.6) is 0 Å². The number of hydrogen-bond acceptors (Lipinski definition) is 4. The van der Waals surface area contributed by atoms with Gasteiger partial charge in [0.1, 0.15) is 0 Å². The Labute approximate surface area is 223 Å². The maximum absolute atomic E-state index is 12.5. The number of aromatic nitrogens is 2. The van der Waals surface area contributed by atoms with E-state index in [4.69, 9.17) is 23.1 Å². The highest BCUT2D eigenvalue weighted by molar-refractivity contribution is 6.30. The molecular weight excluding hydrogens is 526 g/mol. The number of nitrogens with zero attached hydrogens (tertiary/aromatic N) is 2. The van der Waals surface area contributed by atoms with E-state index in [-0.39, 0.29) is 66.6 Å². The molecule has 0 amide bonds. The van der Waals surface area contributed by atoms with Crippen LogP contribution in [0.2, 0.25) is 5.02 Å². The van der Waals surface area contributed by atoms with Gasteiger partial charge in [0.15, 0.2) is 0 Å². The van der Waals surface area contributed by atoms with Crippen LogP contribution < -0.4 is 17.0 Å². The molecule has 0 spiro atoms. The Morgan fingerprint density at radius 2 is 1.64 bits per heavy atom. The highest BCUT2D eigenvalue weighted by atomic mass is 35.5. The molecule has 3 aromatic rings. The van der Waals surface area contributed by atoms with E-state index in [0.717, 1.165) is 42.0 Å². The van der Waals surface area contributed by atoms with E-state index in [1.807, 2.05) is 42.5 Å². The fourth-order valence-corrected chi connectivity index (χ4v) is 4.56. The third kappa shape index (κ3) is 6.78. The molecule has 1 fully saturated rings. The molecule has 0 aliphatic heterocycles. The topological polar surface area (TPSA) is 86.9 Å². The van der Waals surface area contributed by atoms with E-state index >= 15 is 0 Å². The van der Waals surface area contributed by atoms with Crippen molar-refractivity contribution in [1.29, 1.82) is 0 Å². The van der Waals surface area contributed by atoms with E-state index < -0.39 is 0 Å². The predicted octanol–water partition coefficient (Wildman–Crippen LogP) is 5.84. The van der Waals surface area contributed by atoms with Gasteiger partial charge in [0.25, 0.3) is 5.56 Å². The monoisotopic (exact) mass is 552 g/mol. The molecule has 1 heterocycles. The van der Waals surface area contributed by atoms with E-state index in [1.54, 1.807) is 16.8 Å². The van der Waals surface area contributed by atoms with Gasteiger partial charge in [-0.15, -0.1) is 49.6 Å². The highest BCUT2D eigenvalue weighted by Gasteiger charge is 2.37. The second kappa shape index (κ2) is 13.4. The Morgan fingerprint density at radius 1 is 0.970 bits per heavy atom. The van der Waals surface area contributed by atoms with Crippen molar-refractivity contribution in [3.63, 3.8) is 0 Å². The number of nitrogen functional groups attached to an aromatic ring is 1. The maximum atomic E-state index is 12.5. The summed E-state index contributed by atoms with van der Waals surface area (Å²) in [4.78, 5) is 12.5. The van der Waals surface area contributed by atoms with Crippen LogP contribution in [0.3, 0.4) is 0 Å². The summed E-state index contributed by atoms with van der Waals surface area (Å²) in [5, 5.41) is 5.39. The Balaban J connectivity index is 0.00000256. The van der Waals surface area contributed by atoms with Gasteiger partial charge in [0, 0.05) is 34.3 Å². The summed E-state index contributed by atoms with van der Waals surface area (Å²) in [6, 6.07) is 18.9. The summed E-state index contributed by atoms with van der Waals surface area (Å²) in [5.41, 5.74) is 15.4. The lowest BCUT2D eigenvalue weighted by Gasteiger charge is -2.40. The summed E-state index contributed by atoms with van der Waals surface area (Å²) in [6.07, 6.45) is 3.48. The Morgan fingerprint density at radius 3 is 2.24 bits per heavy atom. The average Bonchev–Trinajstić information content (AvgIpc) is 2.74. The largest absolute Gasteiger partial charge is 0.399 e. The summed E-state index contributed by atoms with van der Waals surface area (Å²) < 4.78 is 1.64. The van der Waals surface area contributed by atoms with Crippen LogP contribution in [0.1, 0.15) is 37.3 Å². The molecule has 4 rings (SSSR count). The SMILES string of the molecule is Cl.Cl.Cl.Cl.NCC1(c2cccc(Cl)c2)CCC(n2nc(-c3cccc(N)c3)ccc2=O)CC1. The van der Waals surface area contributed by atoms with Crippen molar-refractivity contribution >= 4 is 66.9 Å². The first-order valence-corrected chi connectivity index (χ1v) is 10.3. The molecule has 2 aromatic carbocycles. The van der Waals surface area contributed by atoms with Crippen LogP contribution in [0.25, 0.3) is 11.3 Å². The fraction of sp³-hybridized carbons (Fsp3) is 0.304. The first kappa shape index (κ1) is 31.5. The number of rotatable bonds is 4. The summed E-state index contributed by atoms with van der Waals surface area (Å²) >= 11 is 6.21. The Bertz CT molecular complexity index is 1080. The molecule has 0 radical (unpaired) electrons. The van der Waals surface area contributed by atoms with Gasteiger partial charge in [0.05, 0.1) is 11.7 Å². The summed E-state index contributed by atoms with van der Waals surface area (Å²) in [7, 11) is 0. The standard InChI is InChI=1S/C23H25ClN4O.4ClH/c24-18-5-2-4-17(14-18)23(15-25)11-9-20(10-12-23)28-22(29)8-7-21(27-28)16-3-1-6-19(26)13-16;;;;/h1-8,13-14,20H,9-12,15,25-26H2;4*1H.